The minimum Gasteiger partial charge on any atom is -0.335 e. The summed E-state index contributed by atoms with van der Waals surface area (Å²) in [5.41, 5.74) is 0.660. The smallest absolute Gasteiger partial charge is 0.317 e. The molecule has 4 rings (SSSR count). The van der Waals surface area contributed by atoms with Crippen LogP contribution in [-0.2, 0) is 10.0 Å². The summed E-state index contributed by atoms with van der Waals surface area (Å²) in [4.78, 5) is 17.8. The van der Waals surface area contributed by atoms with Crippen LogP contribution in [0.3, 0.4) is 0 Å². The number of rotatable bonds is 10. The second kappa shape index (κ2) is 14.6. The fourth-order valence-corrected chi connectivity index (χ4v) is 7.74. The topological polar surface area (TPSA) is 85.0 Å². The molecule has 0 spiro atoms. The molecule has 0 saturated carbocycles. The monoisotopic (exact) mass is 597 g/mol. The van der Waals surface area contributed by atoms with E-state index in [4.69, 9.17) is 0 Å². The Hall–Kier alpha value is -1.82. The number of nitrogens with zero attached hydrogens (tertiary/aromatic N) is 3. The molecule has 0 bridgehead atoms. The van der Waals surface area contributed by atoms with Gasteiger partial charge in [-0.05, 0) is 100 Å². The molecular formula is C30H49F2N5O3S. The molecular weight excluding hydrogens is 548 g/mol. The van der Waals surface area contributed by atoms with Crippen LogP contribution in [0.1, 0.15) is 70.3 Å². The molecule has 3 heterocycles. The van der Waals surface area contributed by atoms with Gasteiger partial charge in [-0.2, -0.15) is 0 Å². The fraction of sp³-hybridized carbons (Fsp3) is 0.767. The predicted octanol–water partition coefficient (Wildman–Crippen LogP) is 3.99. The molecule has 11 heteroatoms. The van der Waals surface area contributed by atoms with Gasteiger partial charge in [0.05, 0.1) is 6.26 Å². The van der Waals surface area contributed by atoms with Crippen molar-refractivity contribution in [2.75, 3.05) is 58.6 Å². The van der Waals surface area contributed by atoms with Crippen molar-refractivity contribution in [3.63, 3.8) is 0 Å². The van der Waals surface area contributed by atoms with Gasteiger partial charge < -0.3 is 20.4 Å². The highest BCUT2D eigenvalue weighted by Crippen LogP contribution is 2.37. The Morgan fingerprint density at radius 3 is 2.17 bits per heavy atom. The van der Waals surface area contributed by atoms with Crippen LogP contribution in [0.5, 0.6) is 0 Å². The Labute approximate surface area is 245 Å². The summed E-state index contributed by atoms with van der Waals surface area (Å²) < 4.78 is 54.0. The first-order valence-electron chi connectivity index (χ1n) is 15.4. The molecule has 8 nitrogen and oxygen atoms in total. The highest BCUT2D eigenvalue weighted by atomic mass is 32.2. The van der Waals surface area contributed by atoms with Crippen LogP contribution < -0.4 is 10.6 Å². The number of hydrogen-bond donors (Lipinski definition) is 2. The molecule has 1 aromatic carbocycles. The molecule has 232 valence electrons. The van der Waals surface area contributed by atoms with Crippen LogP contribution in [0.4, 0.5) is 13.6 Å². The van der Waals surface area contributed by atoms with Crippen molar-refractivity contribution < 1.29 is 22.0 Å². The number of piperidine rings is 3. The summed E-state index contributed by atoms with van der Waals surface area (Å²) >= 11 is 0. The number of likely N-dealkylation sites (tertiary alicyclic amines) is 1. The quantitative estimate of drug-likeness (QED) is 0.426. The van der Waals surface area contributed by atoms with Gasteiger partial charge in [-0.1, -0.05) is 13.8 Å². The summed E-state index contributed by atoms with van der Waals surface area (Å²) in [6.45, 7) is 10.3. The highest BCUT2D eigenvalue weighted by Gasteiger charge is 2.33. The van der Waals surface area contributed by atoms with E-state index in [-0.39, 0.29) is 30.0 Å². The van der Waals surface area contributed by atoms with E-state index in [2.05, 4.69) is 34.3 Å². The number of benzene rings is 1. The average molecular weight is 598 g/mol. The van der Waals surface area contributed by atoms with Crippen molar-refractivity contribution in [2.45, 2.75) is 76.8 Å². The van der Waals surface area contributed by atoms with Crippen molar-refractivity contribution >= 4 is 16.1 Å². The Morgan fingerprint density at radius 1 is 1.00 bits per heavy atom. The third kappa shape index (κ3) is 9.33. The molecule has 41 heavy (non-hydrogen) atoms. The maximum Gasteiger partial charge on any atom is 0.317 e. The Morgan fingerprint density at radius 2 is 1.61 bits per heavy atom. The third-order valence-electron chi connectivity index (χ3n) is 9.09. The lowest BCUT2D eigenvalue weighted by Crippen LogP contribution is -2.54. The Balaban J connectivity index is 1.36. The Kier molecular flexibility index (Phi) is 11.4. The normalized spacial score (nSPS) is 21.7. The van der Waals surface area contributed by atoms with E-state index in [1.807, 2.05) is 0 Å². The van der Waals surface area contributed by atoms with Gasteiger partial charge in [-0.15, -0.1) is 0 Å². The molecule has 1 unspecified atom stereocenters. The highest BCUT2D eigenvalue weighted by molar-refractivity contribution is 7.88. The van der Waals surface area contributed by atoms with Crippen molar-refractivity contribution in [1.29, 1.82) is 0 Å². The fourth-order valence-electron chi connectivity index (χ4n) is 6.86. The number of amides is 2. The molecule has 1 aromatic rings. The van der Waals surface area contributed by atoms with Crippen LogP contribution >= 0.6 is 0 Å². The van der Waals surface area contributed by atoms with Gasteiger partial charge in [-0.25, -0.2) is 26.3 Å². The first kappa shape index (κ1) is 32.1. The minimum atomic E-state index is -3.25. The molecule has 0 aliphatic carbocycles. The summed E-state index contributed by atoms with van der Waals surface area (Å²) in [6.07, 6.45) is 7.06. The maximum atomic E-state index is 14.2. The van der Waals surface area contributed by atoms with Crippen molar-refractivity contribution in [3.8, 4) is 0 Å². The van der Waals surface area contributed by atoms with E-state index in [1.54, 1.807) is 0 Å². The molecule has 1 atom stereocenters. The summed E-state index contributed by atoms with van der Waals surface area (Å²) in [6, 6.07) is 4.26. The van der Waals surface area contributed by atoms with Gasteiger partial charge >= 0.3 is 6.03 Å². The molecule has 3 aliphatic rings. The average Bonchev–Trinajstić information content (AvgIpc) is 2.92. The van der Waals surface area contributed by atoms with Gasteiger partial charge in [-0.3, -0.25) is 0 Å². The molecule has 0 aromatic heterocycles. The number of urea groups is 1. The number of nitrogens with one attached hydrogen (secondary N) is 2. The van der Waals surface area contributed by atoms with E-state index in [0.29, 0.717) is 37.4 Å². The second-order valence-electron chi connectivity index (χ2n) is 12.7. The zero-order chi connectivity index (χ0) is 29.6. The van der Waals surface area contributed by atoms with E-state index >= 15 is 0 Å². The molecule has 3 saturated heterocycles. The molecule has 3 aliphatic heterocycles. The second-order valence-corrected chi connectivity index (χ2v) is 14.7. The number of sulfonamides is 1. The minimum absolute atomic E-state index is 0.0483. The van der Waals surface area contributed by atoms with Gasteiger partial charge in [0.15, 0.2) is 0 Å². The number of carbonyl (C=O) groups is 1. The standard InChI is InChI=1S/C30H49F2N5O3S/c1-22(2)21-37(30(38)34-27-4-11-33-12-5-27)28-8-13-35(14-9-28)15-10-29(24-18-25(31)20-26(32)19-24)23-6-16-36(17-7-23)41(3,39)40/h18-20,22-23,27-29,33H,4-17,21H2,1-3H3,(H,34,38). The first-order chi connectivity index (χ1) is 19.5. The van der Waals surface area contributed by atoms with Gasteiger partial charge in [0.1, 0.15) is 11.6 Å². The lowest BCUT2D eigenvalue weighted by atomic mass is 9.78. The number of carbonyl (C=O) groups excluding carboxylic acids is 1. The number of halogens is 2. The zero-order valence-corrected chi connectivity index (χ0v) is 25.8. The van der Waals surface area contributed by atoms with Gasteiger partial charge in [0.25, 0.3) is 0 Å². The predicted molar refractivity (Wildman–Crippen MR) is 158 cm³/mol. The lowest BCUT2D eigenvalue weighted by Gasteiger charge is -2.41. The van der Waals surface area contributed by atoms with Crippen LogP contribution in [0.25, 0.3) is 0 Å². The SMILES string of the molecule is CC(C)CN(C(=O)NC1CCNCC1)C1CCN(CCC(c2cc(F)cc(F)c2)C2CCN(S(C)(=O)=O)CC2)CC1. The molecule has 2 N–H and O–H groups in total. The first-order valence-corrected chi connectivity index (χ1v) is 17.3. The Bertz CT molecular complexity index is 1080. The molecule has 0 radical (unpaired) electrons. The van der Waals surface area contributed by atoms with E-state index < -0.39 is 21.7 Å². The summed E-state index contributed by atoms with van der Waals surface area (Å²) in [5.74, 6) is -0.659. The van der Waals surface area contributed by atoms with Gasteiger partial charge in [0, 0.05) is 50.9 Å². The number of hydrogen-bond acceptors (Lipinski definition) is 5. The van der Waals surface area contributed by atoms with Crippen LogP contribution in [0.2, 0.25) is 0 Å². The van der Waals surface area contributed by atoms with Crippen LogP contribution in [0, 0.1) is 23.5 Å². The van der Waals surface area contributed by atoms with Crippen molar-refractivity contribution in [1.82, 2.24) is 24.7 Å². The van der Waals surface area contributed by atoms with Crippen molar-refractivity contribution in [2.24, 2.45) is 11.8 Å². The summed E-state index contributed by atoms with van der Waals surface area (Å²) in [7, 11) is -3.25. The van der Waals surface area contributed by atoms with Crippen molar-refractivity contribution in [3.05, 3.63) is 35.4 Å². The lowest BCUT2D eigenvalue weighted by molar-refractivity contribution is 0.107. The van der Waals surface area contributed by atoms with Crippen LogP contribution in [-0.4, -0.2) is 99.3 Å². The van der Waals surface area contributed by atoms with E-state index in [1.165, 1.54) is 22.7 Å². The van der Waals surface area contributed by atoms with Gasteiger partial charge in [0.2, 0.25) is 10.0 Å². The zero-order valence-electron chi connectivity index (χ0n) is 25.0. The van der Waals surface area contributed by atoms with E-state index in [0.717, 1.165) is 77.4 Å². The molecule has 3 fully saturated rings. The summed E-state index contributed by atoms with van der Waals surface area (Å²) in [5, 5.41) is 6.63. The molecule has 2 amide bonds. The third-order valence-corrected chi connectivity index (χ3v) is 10.4. The van der Waals surface area contributed by atoms with Crippen LogP contribution in [0.15, 0.2) is 18.2 Å². The maximum absolute atomic E-state index is 14.2. The van der Waals surface area contributed by atoms with E-state index in [9.17, 15) is 22.0 Å². The largest absolute Gasteiger partial charge is 0.335 e.